The largest absolute Gasteiger partial charge is 0.478 e. The number of nitrogens with two attached hydrogens (primary N) is 1. The summed E-state index contributed by atoms with van der Waals surface area (Å²) in [5.41, 5.74) is 3.83. The summed E-state index contributed by atoms with van der Waals surface area (Å²) in [5.74, 6) is -5.04. The van der Waals surface area contributed by atoms with Crippen molar-refractivity contribution in [1.82, 2.24) is 19.3 Å². The van der Waals surface area contributed by atoms with Gasteiger partial charge in [-0.25, -0.2) is 14.0 Å². The Kier molecular flexibility index (Phi) is 7.87. The Bertz CT molecular complexity index is 1360. The van der Waals surface area contributed by atoms with Crippen LogP contribution in [0.5, 0.6) is 17.4 Å². The van der Waals surface area contributed by atoms with E-state index in [2.05, 4.69) is 10.1 Å². The average molecular weight is 531 g/mol. The number of alkyl halides is 3. The first-order valence-corrected chi connectivity index (χ1v) is 10.7. The van der Waals surface area contributed by atoms with Gasteiger partial charge in [-0.3, -0.25) is 9.36 Å². The van der Waals surface area contributed by atoms with Crippen molar-refractivity contribution in [2.45, 2.75) is 18.0 Å². The molecule has 3 aromatic rings. The van der Waals surface area contributed by atoms with Crippen LogP contribution >= 0.6 is 11.8 Å². The van der Waals surface area contributed by atoms with Gasteiger partial charge in [0.25, 0.3) is 5.24 Å². The van der Waals surface area contributed by atoms with Gasteiger partial charge in [-0.05, 0) is 36.9 Å². The van der Waals surface area contributed by atoms with Gasteiger partial charge in [-0.1, -0.05) is 12.1 Å². The minimum atomic E-state index is -5.01. The molecule has 0 aliphatic carbocycles. The molecule has 0 saturated carbocycles. The molecular formula is C20H17F4N5O6S. The van der Waals surface area contributed by atoms with E-state index >= 15 is 0 Å². The highest BCUT2D eigenvalue weighted by Gasteiger charge is 2.38. The van der Waals surface area contributed by atoms with Crippen molar-refractivity contribution in [3.63, 3.8) is 0 Å². The third-order valence-electron chi connectivity index (χ3n) is 4.24. The number of carbonyl (C=O) groups is 2. The van der Waals surface area contributed by atoms with Crippen LogP contribution < -0.4 is 20.9 Å². The fraction of sp³-hybridized carbons (Fsp3) is 0.250. The Morgan fingerprint density at radius 2 is 1.86 bits per heavy atom. The number of aromatic nitrogens is 4. The van der Waals surface area contributed by atoms with Gasteiger partial charge in [0.2, 0.25) is 11.7 Å². The van der Waals surface area contributed by atoms with Crippen LogP contribution in [0.4, 0.5) is 22.4 Å². The summed E-state index contributed by atoms with van der Waals surface area (Å²) >= 11 is 0.313. The normalized spacial score (nSPS) is 11.3. The SMILES string of the molecule is CCOC(=O)COc1ccccc1Oc1nc(-n2nc(C(F)(F)F)n(C)c2=O)c(F)cc1SC(N)=O. The summed E-state index contributed by atoms with van der Waals surface area (Å²) in [5, 5.41) is 2.17. The Morgan fingerprint density at radius 1 is 1.19 bits per heavy atom. The number of primary amides is 1. The van der Waals surface area contributed by atoms with E-state index in [0.717, 1.165) is 7.05 Å². The quantitative estimate of drug-likeness (QED) is 0.264. The van der Waals surface area contributed by atoms with E-state index in [1.807, 2.05) is 0 Å². The third kappa shape index (κ3) is 5.94. The van der Waals surface area contributed by atoms with Crippen LogP contribution in [0.15, 0.2) is 40.0 Å². The van der Waals surface area contributed by atoms with Crippen molar-refractivity contribution >= 4 is 23.0 Å². The number of hydrogen-bond acceptors (Lipinski definition) is 9. The number of hydrogen-bond donors (Lipinski definition) is 1. The average Bonchev–Trinajstić information content (AvgIpc) is 3.09. The highest BCUT2D eigenvalue weighted by Crippen LogP contribution is 2.37. The number of benzene rings is 1. The highest BCUT2D eigenvalue weighted by molar-refractivity contribution is 8.13. The summed E-state index contributed by atoms with van der Waals surface area (Å²) in [6.07, 6.45) is -5.01. The van der Waals surface area contributed by atoms with Crippen molar-refractivity contribution in [1.29, 1.82) is 0 Å². The van der Waals surface area contributed by atoms with E-state index in [1.54, 1.807) is 13.0 Å². The van der Waals surface area contributed by atoms with Gasteiger partial charge in [-0.2, -0.15) is 22.8 Å². The second-order valence-corrected chi connectivity index (χ2v) is 7.78. The molecule has 11 nitrogen and oxygen atoms in total. The Labute approximate surface area is 203 Å². The fourth-order valence-corrected chi connectivity index (χ4v) is 3.32. The van der Waals surface area contributed by atoms with Gasteiger partial charge >= 0.3 is 17.8 Å². The van der Waals surface area contributed by atoms with Crippen molar-refractivity contribution in [3.8, 4) is 23.2 Å². The second-order valence-electron chi connectivity index (χ2n) is 6.74. The molecule has 0 fully saturated rings. The monoisotopic (exact) mass is 531 g/mol. The van der Waals surface area contributed by atoms with Crippen molar-refractivity contribution < 1.29 is 41.4 Å². The van der Waals surface area contributed by atoms with E-state index in [9.17, 15) is 31.9 Å². The number of amides is 1. The van der Waals surface area contributed by atoms with Crippen LogP contribution in [0.3, 0.4) is 0 Å². The molecule has 0 bridgehead atoms. The van der Waals surface area contributed by atoms with Crippen LogP contribution in [0, 0.1) is 5.82 Å². The van der Waals surface area contributed by atoms with Crippen molar-refractivity contribution in [2.75, 3.05) is 13.2 Å². The number of rotatable bonds is 8. The topological polar surface area (TPSA) is 141 Å². The first-order chi connectivity index (χ1) is 16.9. The van der Waals surface area contributed by atoms with Gasteiger partial charge in [0, 0.05) is 7.05 Å². The first kappa shape index (κ1) is 26.5. The molecule has 36 heavy (non-hydrogen) atoms. The Balaban J connectivity index is 2.08. The second kappa shape index (κ2) is 10.7. The summed E-state index contributed by atoms with van der Waals surface area (Å²) in [6, 6.07) is 6.54. The molecule has 0 atom stereocenters. The molecule has 192 valence electrons. The molecule has 1 amide bonds. The predicted molar refractivity (Wildman–Crippen MR) is 116 cm³/mol. The van der Waals surface area contributed by atoms with E-state index in [1.165, 1.54) is 18.2 Å². The number of para-hydroxylation sites is 2. The first-order valence-electron chi connectivity index (χ1n) is 9.89. The van der Waals surface area contributed by atoms with E-state index < -0.39 is 53.0 Å². The zero-order valence-electron chi connectivity index (χ0n) is 18.5. The Hall–Kier alpha value is -4.08. The van der Waals surface area contributed by atoms with Crippen LogP contribution in [0.25, 0.3) is 5.82 Å². The predicted octanol–water partition coefficient (Wildman–Crippen LogP) is 3.03. The molecule has 0 aliphatic rings. The summed E-state index contributed by atoms with van der Waals surface area (Å²) < 4.78 is 70.4. The zero-order valence-corrected chi connectivity index (χ0v) is 19.4. The summed E-state index contributed by atoms with van der Waals surface area (Å²) in [6.45, 7) is 1.25. The van der Waals surface area contributed by atoms with Crippen molar-refractivity contribution in [2.24, 2.45) is 12.8 Å². The van der Waals surface area contributed by atoms with Crippen LogP contribution in [0.1, 0.15) is 12.7 Å². The number of carbonyl (C=O) groups excluding carboxylic acids is 2. The molecule has 1 aromatic carbocycles. The molecule has 2 aromatic heterocycles. The molecule has 2 N–H and O–H groups in total. The molecule has 0 aliphatic heterocycles. The van der Waals surface area contributed by atoms with Gasteiger partial charge < -0.3 is 19.9 Å². The molecule has 16 heteroatoms. The number of thioether (sulfide) groups is 1. The van der Waals surface area contributed by atoms with Crippen LogP contribution in [0.2, 0.25) is 0 Å². The highest BCUT2D eigenvalue weighted by atomic mass is 32.2. The van der Waals surface area contributed by atoms with Gasteiger partial charge in [0.05, 0.1) is 11.5 Å². The minimum Gasteiger partial charge on any atom is -0.478 e. The molecule has 2 heterocycles. The molecule has 0 radical (unpaired) electrons. The number of nitrogens with zero attached hydrogens (tertiary/aromatic N) is 4. The maximum Gasteiger partial charge on any atom is 0.451 e. The number of esters is 1. The molecule has 0 unspecified atom stereocenters. The van der Waals surface area contributed by atoms with Crippen molar-refractivity contribution in [3.05, 3.63) is 52.5 Å². The molecule has 3 rings (SSSR count). The third-order valence-corrected chi connectivity index (χ3v) is 4.96. The minimum absolute atomic E-state index is 0.0163. The number of ether oxygens (including phenoxy) is 3. The maximum atomic E-state index is 14.8. The van der Waals surface area contributed by atoms with Crippen LogP contribution in [-0.2, 0) is 22.8 Å². The van der Waals surface area contributed by atoms with E-state index in [4.69, 9.17) is 19.9 Å². The van der Waals surface area contributed by atoms with Crippen LogP contribution in [-0.4, -0.2) is 43.8 Å². The van der Waals surface area contributed by atoms with E-state index in [0.29, 0.717) is 17.8 Å². The summed E-state index contributed by atoms with van der Waals surface area (Å²) in [7, 11) is 0.804. The molecule has 0 spiro atoms. The van der Waals surface area contributed by atoms with E-state index in [-0.39, 0.29) is 32.3 Å². The van der Waals surface area contributed by atoms with Gasteiger partial charge in [-0.15, -0.1) is 5.10 Å². The van der Waals surface area contributed by atoms with Gasteiger partial charge in [0.15, 0.2) is 29.7 Å². The molecule has 0 saturated heterocycles. The fourth-order valence-electron chi connectivity index (χ4n) is 2.77. The standard InChI is InChI=1S/C20H17F4N5O6S/c1-3-33-14(30)9-34-11-6-4-5-7-12(11)35-16-13(36-18(25)31)8-10(21)15(26-16)29-19(32)28(2)17(27-29)20(22,23)24/h4-8H,3,9H2,1-2H3,(H2,25,31). The zero-order chi connectivity index (χ0) is 26.6. The van der Waals surface area contributed by atoms with Gasteiger partial charge in [0.1, 0.15) is 0 Å². The number of pyridine rings is 1. The smallest absolute Gasteiger partial charge is 0.451 e. The lowest BCUT2D eigenvalue weighted by molar-refractivity contribution is -0.147. The Morgan fingerprint density at radius 3 is 2.44 bits per heavy atom. The lowest BCUT2D eigenvalue weighted by Gasteiger charge is -2.14. The summed E-state index contributed by atoms with van der Waals surface area (Å²) in [4.78, 5) is 39.0. The number of halogens is 4. The lowest BCUT2D eigenvalue weighted by atomic mass is 10.3. The maximum absolute atomic E-state index is 14.8. The molecular weight excluding hydrogens is 514 g/mol. The lowest BCUT2D eigenvalue weighted by Crippen LogP contribution is -2.24.